The summed E-state index contributed by atoms with van der Waals surface area (Å²) in [5, 5.41) is 11.3. The molecule has 2 aromatic carbocycles. The fourth-order valence-corrected chi connectivity index (χ4v) is 2.37. The summed E-state index contributed by atoms with van der Waals surface area (Å²) in [5.41, 5.74) is 2.25. The molecular formula is C17H13LiN2O2. The summed E-state index contributed by atoms with van der Waals surface area (Å²) >= 11 is 0. The van der Waals surface area contributed by atoms with Crippen molar-refractivity contribution < 1.29 is 28.8 Å². The van der Waals surface area contributed by atoms with Gasteiger partial charge in [-0.2, -0.15) is 0 Å². The second kappa shape index (κ2) is 6.65. The molecule has 1 aromatic heterocycles. The third-order valence-electron chi connectivity index (χ3n) is 3.35. The largest absolute Gasteiger partial charge is 1.00 e. The molecule has 0 N–H and O–H groups in total. The van der Waals surface area contributed by atoms with Crippen molar-refractivity contribution in [1.29, 1.82) is 0 Å². The number of aromatic nitrogens is 2. The van der Waals surface area contributed by atoms with Crippen molar-refractivity contribution in [2.45, 2.75) is 6.92 Å². The van der Waals surface area contributed by atoms with Gasteiger partial charge < -0.3 is 9.90 Å². The van der Waals surface area contributed by atoms with Crippen LogP contribution in [0.1, 0.15) is 16.2 Å². The van der Waals surface area contributed by atoms with E-state index >= 15 is 0 Å². The van der Waals surface area contributed by atoms with Crippen molar-refractivity contribution in [3.05, 3.63) is 72.1 Å². The summed E-state index contributed by atoms with van der Waals surface area (Å²) in [4.78, 5) is 15.5. The van der Waals surface area contributed by atoms with Gasteiger partial charge in [-0.05, 0) is 19.1 Å². The predicted octanol–water partition coefficient (Wildman–Crippen LogP) is -0.785. The summed E-state index contributed by atoms with van der Waals surface area (Å²) in [7, 11) is 0. The number of carbonyl (C=O) groups excluding carboxylic acids is 1. The van der Waals surface area contributed by atoms with Crippen molar-refractivity contribution in [3.63, 3.8) is 0 Å². The van der Waals surface area contributed by atoms with Crippen LogP contribution in [-0.4, -0.2) is 15.5 Å². The SMILES string of the molecule is Cc1c(C(=O)[O-])nc(-c2ccccc2)n1-c1ccccc1.[Li+]. The molecule has 0 radical (unpaired) electrons. The number of hydrogen-bond donors (Lipinski definition) is 0. The number of aromatic carboxylic acids is 1. The van der Waals surface area contributed by atoms with E-state index in [0.717, 1.165) is 11.3 Å². The number of rotatable bonds is 3. The molecule has 22 heavy (non-hydrogen) atoms. The molecule has 0 bridgehead atoms. The number of nitrogens with zero attached hydrogens (tertiary/aromatic N) is 2. The summed E-state index contributed by atoms with van der Waals surface area (Å²) in [6.45, 7) is 1.73. The minimum Gasteiger partial charge on any atom is -0.543 e. The number of hydrogen-bond acceptors (Lipinski definition) is 3. The minimum atomic E-state index is -1.26. The van der Waals surface area contributed by atoms with Crippen LogP contribution in [0.5, 0.6) is 0 Å². The smallest absolute Gasteiger partial charge is 0.543 e. The van der Waals surface area contributed by atoms with Crippen LogP contribution < -0.4 is 24.0 Å². The fraction of sp³-hybridized carbons (Fsp3) is 0.0588. The Balaban J connectivity index is 0.00000176. The molecule has 5 heteroatoms. The Kier molecular flexibility index (Phi) is 4.87. The topological polar surface area (TPSA) is 57.9 Å². The number of benzene rings is 2. The molecule has 3 aromatic rings. The third kappa shape index (κ3) is 2.85. The van der Waals surface area contributed by atoms with Gasteiger partial charge in [0, 0.05) is 16.9 Å². The Hall–Kier alpha value is -2.28. The molecule has 0 fully saturated rings. The molecule has 0 saturated heterocycles. The second-order valence-electron chi connectivity index (χ2n) is 4.69. The van der Waals surface area contributed by atoms with Crippen LogP contribution in [-0.2, 0) is 0 Å². The van der Waals surface area contributed by atoms with Gasteiger partial charge in [-0.1, -0.05) is 48.5 Å². The fourth-order valence-electron chi connectivity index (χ4n) is 2.37. The Labute approximate surface area is 140 Å². The first kappa shape index (κ1) is 16.1. The Bertz CT molecular complexity index is 783. The average Bonchev–Trinajstić information content (AvgIpc) is 2.87. The van der Waals surface area contributed by atoms with Gasteiger partial charge in [0.2, 0.25) is 0 Å². The van der Waals surface area contributed by atoms with Crippen LogP contribution in [0, 0.1) is 6.92 Å². The van der Waals surface area contributed by atoms with E-state index < -0.39 is 5.97 Å². The molecule has 0 saturated carbocycles. The summed E-state index contributed by atoms with van der Waals surface area (Å²) in [5.74, 6) is -0.669. The maximum atomic E-state index is 11.3. The van der Waals surface area contributed by atoms with Gasteiger partial charge in [0.25, 0.3) is 0 Å². The van der Waals surface area contributed by atoms with E-state index in [1.165, 1.54) is 0 Å². The van der Waals surface area contributed by atoms with E-state index in [1.54, 1.807) is 6.92 Å². The Morgan fingerprint density at radius 2 is 1.55 bits per heavy atom. The molecule has 0 aliphatic carbocycles. The van der Waals surface area contributed by atoms with Crippen LogP contribution in [0.4, 0.5) is 0 Å². The third-order valence-corrected chi connectivity index (χ3v) is 3.35. The molecule has 1 heterocycles. The quantitative estimate of drug-likeness (QED) is 0.593. The van der Waals surface area contributed by atoms with Gasteiger partial charge in [-0.25, -0.2) is 4.98 Å². The van der Waals surface area contributed by atoms with Crippen molar-refractivity contribution in [3.8, 4) is 17.1 Å². The number of carboxylic acid groups (broad SMARTS) is 1. The first-order valence-electron chi connectivity index (χ1n) is 6.60. The summed E-state index contributed by atoms with van der Waals surface area (Å²) < 4.78 is 1.83. The van der Waals surface area contributed by atoms with Crippen molar-refractivity contribution in [1.82, 2.24) is 9.55 Å². The molecule has 104 valence electrons. The van der Waals surface area contributed by atoms with E-state index in [0.29, 0.717) is 11.5 Å². The van der Waals surface area contributed by atoms with Crippen LogP contribution in [0.15, 0.2) is 60.7 Å². The maximum Gasteiger partial charge on any atom is 1.00 e. The first-order chi connectivity index (χ1) is 10.2. The number of carboxylic acids is 1. The minimum absolute atomic E-state index is 0. The van der Waals surface area contributed by atoms with E-state index in [4.69, 9.17) is 0 Å². The second-order valence-corrected chi connectivity index (χ2v) is 4.69. The van der Waals surface area contributed by atoms with Gasteiger partial charge in [0.15, 0.2) is 0 Å². The Morgan fingerprint density at radius 3 is 2.09 bits per heavy atom. The van der Waals surface area contributed by atoms with Crippen LogP contribution >= 0.6 is 0 Å². The number of imidazole rings is 1. The van der Waals surface area contributed by atoms with Crippen molar-refractivity contribution in [2.24, 2.45) is 0 Å². The van der Waals surface area contributed by atoms with Gasteiger partial charge in [0.05, 0.1) is 5.97 Å². The molecule has 4 nitrogen and oxygen atoms in total. The molecular weight excluding hydrogens is 271 g/mol. The molecule has 3 rings (SSSR count). The van der Waals surface area contributed by atoms with Crippen LogP contribution in [0.25, 0.3) is 17.1 Å². The maximum absolute atomic E-state index is 11.3. The van der Waals surface area contributed by atoms with E-state index in [-0.39, 0.29) is 24.6 Å². The van der Waals surface area contributed by atoms with Crippen LogP contribution in [0.2, 0.25) is 0 Å². The van der Waals surface area contributed by atoms with E-state index in [2.05, 4.69) is 4.98 Å². The molecule has 0 unspecified atom stereocenters. The standard InChI is InChI=1S/C17H14N2O2.Li/c1-12-15(17(20)21)18-16(13-8-4-2-5-9-13)19(12)14-10-6-3-7-11-14;/h2-11H,1H3,(H,20,21);/q;+1/p-1. The summed E-state index contributed by atoms with van der Waals surface area (Å²) in [6.07, 6.45) is 0. The van der Waals surface area contributed by atoms with Gasteiger partial charge in [-0.3, -0.25) is 4.57 Å². The van der Waals surface area contributed by atoms with Crippen molar-refractivity contribution >= 4 is 5.97 Å². The number of carbonyl (C=O) groups is 1. The molecule has 0 atom stereocenters. The predicted molar refractivity (Wildman–Crippen MR) is 78.1 cm³/mol. The van der Waals surface area contributed by atoms with Crippen LogP contribution in [0.3, 0.4) is 0 Å². The van der Waals surface area contributed by atoms with E-state index in [9.17, 15) is 9.90 Å². The zero-order valence-corrected chi connectivity index (χ0v) is 12.5. The number of para-hydroxylation sites is 1. The average molecular weight is 284 g/mol. The molecule has 0 spiro atoms. The Morgan fingerprint density at radius 1 is 1.00 bits per heavy atom. The summed E-state index contributed by atoms with van der Waals surface area (Å²) in [6, 6.07) is 19.1. The molecule has 0 amide bonds. The van der Waals surface area contributed by atoms with E-state index in [1.807, 2.05) is 65.2 Å². The van der Waals surface area contributed by atoms with Crippen molar-refractivity contribution in [2.75, 3.05) is 0 Å². The zero-order valence-electron chi connectivity index (χ0n) is 12.5. The normalized spacial score (nSPS) is 10.0. The van der Waals surface area contributed by atoms with Gasteiger partial charge in [0.1, 0.15) is 11.5 Å². The zero-order chi connectivity index (χ0) is 14.8. The van der Waals surface area contributed by atoms with Gasteiger partial charge in [-0.15, -0.1) is 0 Å². The monoisotopic (exact) mass is 284 g/mol. The molecule has 0 aliphatic heterocycles. The molecule has 0 aliphatic rings. The first-order valence-corrected chi connectivity index (χ1v) is 6.60. The van der Waals surface area contributed by atoms with Gasteiger partial charge >= 0.3 is 18.9 Å².